The van der Waals surface area contributed by atoms with Gasteiger partial charge in [-0.25, -0.2) is 14.4 Å². The SMILES string of the molecule is Cc1cc(CCNCc2nccc(N)n2)ccc1F. The van der Waals surface area contributed by atoms with Crippen molar-refractivity contribution >= 4 is 5.82 Å². The number of nitrogens with two attached hydrogens (primary N) is 1. The van der Waals surface area contributed by atoms with Gasteiger partial charge in [-0.15, -0.1) is 0 Å². The van der Waals surface area contributed by atoms with Gasteiger partial charge in [0, 0.05) is 6.20 Å². The molecule has 0 unspecified atom stereocenters. The zero-order valence-electron chi connectivity index (χ0n) is 10.9. The Morgan fingerprint density at radius 2 is 2.16 bits per heavy atom. The molecule has 0 fully saturated rings. The third kappa shape index (κ3) is 3.99. The molecule has 0 atom stereocenters. The molecule has 2 rings (SSSR count). The van der Waals surface area contributed by atoms with E-state index < -0.39 is 0 Å². The lowest BCUT2D eigenvalue weighted by Gasteiger charge is -2.06. The Kier molecular flexibility index (Phi) is 4.41. The van der Waals surface area contributed by atoms with Gasteiger partial charge in [-0.2, -0.15) is 0 Å². The summed E-state index contributed by atoms with van der Waals surface area (Å²) in [6.45, 7) is 3.13. The van der Waals surface area contributed by atoms with Crippen molar-refractivity contribution < 1.29 is 4.39 Å². The van der Waals surface area contributed by atoms with Gasteiger partial charge in [-0.1, -0.05) is 12.1 Å². The zero-order chi connectivity index (χ0) is 13.7. The van der Waals surface area contributed by atoms with Gasteiger partial charge in [-0.3, -0.25) is 0 Å². The maximum absolute atomic E-state index is 13.1. The average Bonchev–Trinajstić information content (AvgIpc) is 2.39. The molecule has 0 radical (unpaired) electrons. The Bertz CT molecular complexity index is 557. The Morgan fingerprint density at radius 3 is 2.89 bits per heavy atom. The molecule has 5 heteroatoms. The molecule has 1 aromatic heterocycles. The van der Waals surface area contributed by atoms with Crippen LogP contribution in [0.4, 0.5) is 10.2 Å². The third-order valence-corrected chi connectivity index (χ3v) is 2.82. The van der Waals surface area contributed by atoms with Gasteiger partial charge in [0.05, 0.1) is 6.54 Å². The van der Waals surface area contributed by atoms with Crippen LogP contribution in [0.2, 0.25) is 0 Å². The van der Waals surface area contributed by atoms with E-state index in [4.69, 9.17) is 5.73 Å². The molecule has 0 bridgehead atoms. The van der Waals surface area contributed by atoms with Crippen LogP contribution in [0.25, 0.3) is 0 Å². The summed E-state index contributed by atoms with van der Waals surface area (Å²) in [5, 5.41) is 3.24. The van der Waals surface area contributed by atoms with Crippen LogP contribution in [0, 0.1) is 12.7 Å². The fourth-order valence-electron chi connectivity index (χ4n) is 1.80. The summed E-state index contributed by atoms with van der Waals surface area (Å²) < 4.78 is 13.1. The highest BCUT2D eigenvalue weighted by Crippen LogP contribution is 2.09. The summed E-state index contributed by atoms with van der Waals surface area (Å²) in [5.74, 6) is 0.987. The number of hydrogen-bond donors (Lipinski definition) is 2. The molecular formula is C14H17FN4. The lowest BCUT2D eigenvalue weighted by molar-refractivity contribution is 0.616. The molecule has 0 aliphatic heterocycles. The smallest absolute Gasteiger partial charge is 0.144 e. The van der Waals surface area contributed by atoms with E-state index in [1.807, 2.05) is 6.07 Å². The molecular weight excluding hydrogens is 243 g/mol. The van der Waals surface area contributed by atoms with Crippen LogP contribution in [-0.4, -0.2) is 16.5 Å². The van der Waals surface area contributed by atoms with E-state index in [0.29, 0.717) is 23.8 Å². The average molecular weight is 260 g/mol. The normalized spacial score (nSPS) is 10.6. The predicted octanol–water partition coefficient (Wildman–Crippen LogP) is 1.84. The van der Waals surface area contributed by atoms with Crippen molar-refractivity contribution in [3.63, 3.8) is 0 Å². The van der Waals surface area contributed by atoms with E-state index in [0.717, 1.165) is 18.5 Å². The molecule has 4 nitrogen and oxygen atoms in total. The molecule has 0 aliphatic rings. The van der Waals surface area contributed by atoms with Crippen LogP contribution in [-0.2, 0) is 13.0 Å². The maximum Gasteiger partial charge on any atom is 0.144 e. The molecule has 0 amide bonds. The Morgan fingerprint density at radius 1 is 1.32 bits per heavy atom. The minimum absolute atomic E-state index is 0.162. The quantitative estimate of drug-likeness (QED) is 0.805. The van der Waals surface area contributed by atoms with Crippen molar-refractivity contribution in [1.82, 2.24) is 15.3 Å². The number of hydrogen-bond acceptors (Lipinski definition) is 4. The van der Waals surface area contributed by atoms with Crippen molar-refractivity contribution in [2.24, 2.45) is 0 Å². The van der Waals surface area contributed by atoms with E-state index in [1.54, 1.807) is 25.3 Å². The number of anilines is 1. The molecule has 0 aliphatic carbocycles. The number of benzene rings is 1. The number of nitrogens with zero attached hydrogens (tertiary/aromatic N) is 2. The number of halogens is 1. The Labute approximate surface area is 111 Å². The van der Waals surface area contributed by atoms with Crippen molar-refractivity contribution in [2.75, 3.05) is 12.3 Å². The lowest BCUT2D eigenvalue weighted by Crippen LogP contribution is -2.18. The van der Waals surface area contributed by atoms with E-state index in [1.165, 1.54) is 6.07 Å². The van der Waals surface area contributed by atoms with Crippen molar-refractivity contribution in [3.05, 3.63) is 53.2 Å². The second kappa shape index (κ2) is 6.24. The van der Waals surface area contributed by atoms with Crippen molar-refractivity contribution in [1.29, 1.82) is 0 Å². The van der Waals surface area contributed by atoms with Gasteiger partial charge in [-0.05, 0) is 43.1 Å². The van der Waals surface area contributed by atoms with Crippen molar-refractivity contribution in [2.45, 2.75) is 19.9 Å². The molecule has 1 heterocycles. The number of aryl methyl sites for hydroxylation is 1. The fourth-order valence-corrected chi connectivity index (χ4v) is 1.80. The van der Waals surface area contributed by atoms with Crippen molar-refractivity contribution in [3.8, 4) is 0 Å². The Balaban J connectivity index is 1.79. The molecule has 3 N–H and O–H groups in total. The summed E-state index contributed by atoms with van der Waals surface area (Å²) in [5.41, 5.74) is 7.36. The highest BCUT2D eigenvalue weighted by molar-refractivity contribution is 5.25. The second-order valence-electron chi connectivity index (χ2n) is 4.41. The monoisotopic (exact) mass is 260 g/mol. The first-order valence-electron chi connectivity index (χ1n) is 6.18. The van der Waals surface area contributed by atoms with Crippen LogP contribution >= 0.6 is 0 Å². The highest BCUT2D eigenvalue weighted by atomic mass is 19.1. The van der Waals surface area contributed by atoms with E-state index in [9.17, 15) is 4.39 Å². The maximum atomic E-state index is 13.1. The molecule has 2 aromatic rings. The summed E-state index contributed by atoms with van der Waals surface area (Å²) >= 11 is 0. The molecule has 100 valence electrons. The van der Waals surface area contributed by atoms with Gasteiger partial charge in [0.1, 0.15) is 17.5 Å². The standard InChI is InChI=1S/C14H17FN4/c1-10-8-11(2-3-12(10)15)4-6-17-9-14-18-7-5-13(16)19-14/h2-3,5,7-8,17H,4,6,9H2,1H3,(H2,16,18,19). The summed E-state index contributed by atoms with van der Waals surface area (Å²) in [4.78, 5) is 8.20. The zero-order valence-corrected chi connectivity index (χ0v) is 10.9. The van der Waals surface area contributed by atoms with Crippen LogP contribution < -0.4 is 11.1 Å². The molecule has 19 heavy (non-hydrogen) atoms. The molecule has 0 saturated carbocycles. The molecule has 1 aromatic carbocycles. The van der Waals surface area contributed by atoms with Gasteiger partial charge in [0.25, 0.3) is 0 Å². The molecule has 0 saturated heterocycles. The first kappa shape index (κ1) is 13.4. The van der Waals surface area contributed by atoms with Crippen LogP contribution in [0.3, 0.4) is 0 Å². The van der Waals surface area contributed by atoms with Gasteiger partial charge in [0.2, 0.25) is 0 Å². The van der Waals surface area contributed by atoms with E-state index in [-0.39, 0.29) is 5.82 Å². The van der Waals surface area contributed by atoms with E-state index in [2.05, 4.69) is 15.3 Å². The minimum Gasteiger partial charge on any atom is -0.384 e. The lowest BCUT2D eigenvalue weighted by atomic mass is 10.1. The predicted molar refractivity (Wildman–Crippen MR) is 73.0 cm³/mol. The molecule has 0 spiro atoms. The Hall–Kier alpha value is -2.01. The third-order valence-electron chi connectivity index (χ3n) is 2.82. The van der Waals surface area contributed by atoms with E-state index >= 15 is 0 Å². The fraction of sp³-hybridized carbons (Fsp3) is 0.286. The highest BCUT2D eigenvalue weighted by Gasteiger charge is 2.00. The number of rotatable bonds is 5. The van der Waals surface area contributed by atoms with Crippen LogP contribution in [0.15, 0.2) is 30.5 Å². The van der Waals surface area contributed by atoms with Gasteiger partial charge >= 0.3 is 0 Å². The topological polar surface area (TPSA) is 63.8 Å². The van der Waals surface area contributed by atoms with Crippen LogP contribution in [0.5, 0.6) is 0 Å². The first-order valence-corrected chi connectivity index (χ1v) is 6.18. The summed E-state index contributed by atoms with van der Waals surface area (Å²) in [6, 6.07) is 6.84. The van der Waals surface area contributed by atoms with Gasteiger partial charge < -0.3 is 11.1 Å². The van der Waals surface area contributed by atoms with Gasteiger partial charge in [0.15, 0.2) is 0 Å². The number of aromatic nitrogens is 2. The number of nitrogen functional groups attached to an aromatic ring is 1. The largest absolute Gasteiger partial charge is 0.384 e. The summed E-state index contributed by atoms with van der Waals surface area (Å²) in [6.07, 6.45) is 2.48. The minimum atomic E-state index is -0.162. The van der Waals surface area contributed by atoms with Crippen LogP contribution in [0.1, 0.15) is 17.0 Å². The first-order chi connectivity index (χ1) is 9.15. The summed E-state index contributed by atoms with van der Waals surface area (Å²) in [7, 11) is 0. The number of nitrogens with one attached hydrogen (secondary N) is 1. The second-order valence-corrected chi connectivity index (χ2v) is 4.41.